The zero-order valence-electron chi connectivity index (χ0n) is 8.85. The maximum absolute atomic E-state index is 11.7. The van der Waals surface area contributed by atoms with Crippen LogP contribution in [0.25, 0.3) is 0 Å². The number of nitrogens with one attached hydrogen (secondary N) is 1. The Morgan fingerprint density at radius 2 is 2.20 bits per heavy atom. The monoisotopic (exact) mass is 220 g/mol. The van der Waals surface area contributed by atoms with E-state index in [0.717, 1.165) is 31.6 Å². The Hall–Kier alpha value is -0.710. The third-order valence-corrected chi connectivity index (χ3v) is 2.19. The van der Waals surface area contributed by atoms with Crippen molar-refractivity contribution >= 4 is 5.84 Å². The molecule has 1 rings (SSSR count). The first kappa shape index (κ1) is 12.4. The number of aliphatic imine (C=N–C) groups is 1. The van der Waals surface area contributed by atoms with Crippen LogP contribution in [0, 0.1) is 0 Å². The zero-order chi connectivity index (χ0) is 10.9. The lowest BCUT2D eigenvalue weighted by atomic mass is 10.2. The highest BCUT2D eigenvalue weighted by Gasteiger charge is 2.04. The van der Waals surface area contributed by atoms with Gasteiger partial charge in [-0.1, -0.05) is 6.42 Å². The molecule has 88 valence electrons. The van der Waals surface area contributed by atoms with Crippen molar-refractivity contribution in [3.05, 3.63) is 0 Å². The van der Waals surface area contributed by atoms with Crippen LogP contribution in [0.1, 0.15) is 25.7 Å². The molecule has 0 bridgehead atoms. The summed E-state index contributed by atoms with van der Waals surface area (Å²) in [6.07, 6.45) is 2.11. The molecule has 0 aromatic rings. The van der Waals surface area contributed by atoms with Crippen LogP contribution < -0.4 is 5.32 Å². The third-order valence-electron chi connectivity index (χ3n) is 2.19. The molecule has 0 aliphatic carbocycles. The molecule has 0 aromatic heterocycles. The van der Waals surface area contributed by atoms with Crippen LogP contribution in [-0.2, 0) is 4.74 Å². The standard InChI is InChI=1S/C10H18F2N2O/c11-9(12)8-15-7-6-14-10-4-2-1-3-5-13-10/h9H,1-8H2,(H,13,14). The summed E-state index contributed by atoms with van der Waals surface area (Å²) in [5, 5.41) is 3.12. The normalized spacial score (nSPS) is 17.4. The molecule has 0 unspecified atom stereocenters. The van der Waals surface area contributed by atoms with Gasteiger partial charge in [0.15, 0.2) is 0 Å². The van der Waals surface area contributed by atoms with Gasteiger partial charge >= 0.3 is 0 Å². The van der Waals surface area contributed by atoms with Gasteiger partial charge in [-0.3, -0.25) is 4.99 Å². The minimum absolute atomic E-state index is 0.309. The van der Waals surface area contributed by atoms with E-state index >= 15 is 0 Å². The Bertz CT molecular complexity index is 198. The van der Waals surface area contributed by atoms with E-state index in [0.29, 0.717) is 13.2 Å². The molecule has 0 fully saturated rings. The van der Waals surface area contributed by atoms with E-state index in [2.05, 4.69) is 10.3 Å². The molecule has 0 aromatic carbocycles. The van der Waals surface area contributed by atoms with Crippen molar-refractivity contribution in [1.82, 2.24) is 5.32 Å². The molecule has 1 N–H and O–H groups in total. The molecule has 0 spiro atoms. The fourth-order valence-corrected chi connectivity index (χ4v) is 1.46. The highest BCUT2D eigenvalue weighted by molar-refractivity contribution is 5.82. The summed E-state index contributed by atoms with van der Waals surface area (Å²) in [5.74, 6) is 0.994. The Kier molecular flexibility index (Phi) is 6.23. The SMILES string of the molecule is FC(F)COCCNC1=NCCCCC1. The fraction of sp³-hybridized carbons (Fsp3) is 0.900. The van der Waals surface area contributed by atoms with Gasteiger partial charge in [-0.2, -0.15) is 0 Å². The topological polar surface area (TPSA) is 33.6 Å². The molecule has 15 heavy (non-hydrogen) atoms. The van der Waals surface area contributed by atoms with Crippen LogP contribution in [0.5, 0.6) is 0 Å². The van der Waals surface area contributed by atoms with Gasteiger partial charge < -0.3 is 10.1 Å². The molecule has 0 atom stereocenters. The highest BCUT2D eigenvalue weighted by Crippen LogP contribution is 2.05. The number of halogens is 2. The fourth-order valence-electron chi connectivity index (χ4n) is 1.46. The predicted molar refractivity (Wildman–Crippen MR) is 55.6 cm³/mol. The van der Waals surface area contributed by atoms with Crippen molar-refractivity contribution < 1.29 is 13.5 Å². The van der Waals surface area contributed by atoms with E-state index in [-0.39, 0.29) is 0 Å². The molecule has 0 saturated carbocycles. The second-order valence-electron chi connectivity index (χ2n) is 3.53. The Balaban J connectivity index is 2.01. The molecular formula is C10H18F2N2O. The van der Waals surface area contributed by atoms with Crippen LogP contribution in [0.4, 0.5) is 8.78 Å². The summed E-state index contributed by atoms with van der Waals surface area (Å²) in [4.78, 5) is 4.36. The van der Waals surface area contributed by atoms with E-state index < -0.39 is 13.0 Å². The van der Waals surface area contributed by atoms with Gasteiger partial charge in [-0.25, -0.2) is 8.78 Å². The second-order valence-corrected chi connectivity index (χ2v) is 3.53. The molecule has 1 aliphatic rings. The Labute approximate surface area is 88.9 Å². The third kappa shape index (κ3) is 6.38. The average Bonchev–Trinajstić information content (AvgIpc) is 2.45. The van der Waals surface area contributed by atoms with Crippen LogP contribution in [0.2, 0.25) is 0 Å². The number of hydrogen-bond donors (Lipinski definition) is 1. The lowest BCUT2D eigenvalue weighted by Gasteiger charge is -2.08. The first-order chi connectivity index (χ1) is 7.29. The largest absolute Gasteiger partial charge is 0.374 e. The van der Waals surface area contributed by atoms with E-state index in [1.165, 1.54) is 6.42 Å². The number of hydrogen-bond acceptors (Lipinski definition) is 3. The second kappa shape index (κ2) is 7.56. The van der Waals surface area contributed by atoms with Crippen molar-refractivity contribution in [2.75, 3.05) is 26.3 Å². The van der Waals surface area contributed by atoms with Gasteiger partial charge in [0.05, 0.1) is 12.4 Å². The summed E-state index contributed by atoms with van der Waals surface area (Å²) >= 11 is 0. The van der Waals surface area contributed by atoms with E-state index in [1.54, 1.807) is 0 Å². The summed E-state index contributed by atoms with van der Waals surface area (Å²) in [7, 11) is 0. The Morgan fingerprint density at radius 3 is 3.00 bits per heavy atom. The summed E-state index contributed by atoms with van der Waals surface area (Å²) in [5.41, 5.74) is 0. The lowest BCUT2D eigenvalue weighted by Crippen LogP contribution is -2.27. The van der Waals surface area contributed by atoms with E-state index in [9.17, 15) is 8.78 Å². The smallest absolute Gasteiger partial charge is 0.261 e. The summed E-state index contributed by atoms with van der Waals surface area (Å²) in [6.45, 7) is 1.27. The van der Waals surface area contributed by atoms with Gasteiger partial charge in [0.1, 0.15) is 6.61 Å². The molecule has 5 heteroatoms. The predicted octanol–water partition coefficient (Wildman–Crippen LogP) is 1.83. The number of ether oxygens (including phenoxy) is 1. The zero-order valence-corrected chi connectivity index (χ0v) is 8.85. The first-order valence-electron chi connectivity index (χ1n) is 5.42. The van der Waals surface area contributed by atoms with Crippen molar-refractivity contribution in [3.63, 3.8) is 0 Å². The quantitative estimate of drug-likeness (QED) is 0.717. The number of rotatable bonds is 5. The lowest BCUT2D eigenvalue weighted by molar-refractivity contribution is 0.0197. The van der Waals surface area contributed by atoms with E-state index in [1.807, 2.05) is 0 Å². The molecule has 3 nitrogen and oxygen atoms in total. The van der Waals surface area contributed by atoms with Gasteiger partial charge in [-0.15, -0.1) is 0 Å². The van der Waals surface area contributed by atoms with Crippen LogP contribution >= 0.6 is 0 Å². The number of nitrogens with zero attached hydrogens (tertiary/aromatic N) is 1. The molecule has 0 amide bonds. The average molecular weight is 220 g/mol. The van der Waals surface area contributed by atoms with Crippen molar-refractivity contribution in [2.45, 2.75) is 32.1 Å². The van der Waals surface area contributed by atoms with Crippen LogP contribution in [0.3, 0.4) is 0 Å². The number of amidine groups is 1. The Morgan fingerprint density at radius 1 is 1.33 bits per heavy atom. The maximum atomic E-state index is 11.7. The van der Waals surface area contributed by atoms with Crippen molar-refractivity contribution in [1.29, 1.82) is 0 Å². The summed E-state index contributed by atoms with van der Waals surface area (Å²) in [6, 6.07) is 0. The highest BCUT2D eigenvalue weighted by atomic mass is 19.3. The first-order valence-corrected chi connectivity index (χ1v) is 5.42. The molecule has 1 aliphatic heterocycles. The molecule has 1 heterocycles. The van der Waals surface area contributed by atoms with Crippen LogP contribution in [-0.4, -0.2) is 38.6 Å². The molecular weight excluding hydrogens is 202 g/mol. The van der Waals surface area contributed by atoms with Crippen molar-refractivity contribution in [3.8, 4) is 0 Å². The van der Waals surface area contributed by atoms with Crippen molar-refractivity contribution in [2.24, 2.45) is 4.99 Å². The van der Waals surface area contributed by atoms with Gasteiger partial charge in [0, 0.05) is 19.5 Å². The number of alkyl halides is 2. The van der Waals surface area contributed by atoms with Gasteiger partial charge in [0.2, 0.25) is 0 Å². The minimum atomic E-state index is -2.37. The maximum Gasteiger partial charge on any atom is 0.261 e. The van der Waals surface area contributed by atoms with Crippen LogP contribution in [0.15, 0.2) is 4.99 Å². The molecule has 0 radical (unpaired) electrons. The van der Waals surface area contributed by atoms with Gasteiger partial charge in [0.25, 0.3) is 6.43 Å². The van der Waals surface area contributed by atoms with E-state index in [4.69, 9.17) is 4.74 Å². The molecule has 0 saturated heterocycles. The minimum Gasteiger partial charge on any atom is -0.374 e. The summed E-state index contributed by atoms with van der Waals surface area (Å²) < 4.78 is 28.2. The van der Waals surface area contributed by atoms with Gasteiger partial charge in [-0.05, 0) is 12.8 Å².